The van der Waals surface area contributed by atoms with Gasteiger partial charge >= 0.3 is 0 Å². The third-order valence-electron chi connectivity index (χ3n) is 3.62. The molecule has 0 spiro atoms. The van der Waals surface area contributed by atoms with Crippen molar-refractivity contribution in [3.05, 3.63) is 28.8 Å². The average molecular weight is 275 g/mol. The molecule has 1 fully saturated rings. The summed E-state index contributed by atoms with van der Waals surface area (Å²) in [6, 6.07) is 7.30. The molecule has 1 aliphatic rings. The van der Waals surface area contributed by atoms with Gasteiger partial charge in [-0.3, -0.25) is 0 Å². The number of thiazole rings is 1. The van der Waals surface area contributed by atoms with Gasteiger partial charge in [0.2, 0.25) is 0 Å². The molecule has 3 nitrogen and oxygen atoms in total. The number of piperidine rings is 1. The predicted octanol–water partition coefficient (Wildman–Crippen LogP) is 3.17. The van der Waals surface area contributed by atoms with Crippen LogP contribution in [0.5, 0.6) is 0 Å². The fourth-order valence-electron chi connectivity index (χ4n) is 2.68. The lowest BCUT2D eigenvalue weighted by atomic mass is 9.97. The molecule has 1 saturated heterocycles. The summed E-state index contributed by atoms with van der Waals surface area (Å²) in [6.07, 6.45) is 3.89. The lowest BCUT2D eigenvalue weighted by Crippen LogP contribution is -2.26. The number of nitrogens with zero attached hydrogens (tertiary/aromatic N) is 2. The summed E-state index contributed by atoms with van der Waals surface area (Å²) in [7, 11) is 4.17. The second kappa shape index (κ2) is 5.57. The van der Waals surface area contributed by atoms with Crippen molar-refractivity contribution >= 4 is 21.6 Å². The first kappa shape index (κ1) is 13.0. The maximum Gasteiger partial charge on any atom is 0.108 e. The molecule has 1 atom stereocenters. The van der Waals surface area contributed by atoms with E-state index in [9.17, 15) is 0 Å². The fourth-order valence-corrected chi connectivity index (χ4v) is 3.75. The quantitative estimate of drug-likeness (QED) is 0.932. The summed E-state index contributed by atoms with van der Waals surface area (Å²) in [4.78, 5) is 6.93. The van der Waals surface area contributed by atoms with Crippen molar-refractivity contribution in [1.82, 2.24) is 15.2 Å². The van der Waals surface area contributed by atoms with Crippen LogP contribution in [0.3, 0.4) is 0 Å². The average Bonchev–Trinajstić information content (AvgIpc) is 2.79. The Hall–Kier alpha value is -0.970. The van der Waals surface area contributed by atoms with E-state index in [-0.39, 0.29) is 0 Å². The maximum atomic E-state index is 4.76. The van der Waals surface area contributed by atoms with Gasteiger partial charge in [0.05, 0.1) is 10.2 Å². The zero-order valence-corrected chi connectivity index (χ0v) is 12.5. The Morgan fingerprint density at radius 2 is 2.26 bits per heavy atom. The van der Waals surface area contributed by atoms with Gasteiger partial charge in [0.25, 0.3) is 0 Å². The van der Waals surface area contributed by atoms with Gasteiger partial charge in [-0.1, -0.05) is 12.5 Å². The summed E-state index contributed by atoms with van der Waals surface area (Å²) < 4.78 is 1.30. The van der Waals surface area contributed by atoms with Gasteiger partial charge in [0, 0.05) is 12.6 Å². The molecule has 0 unspecified atom stereocenters. The molecule has 1 N–H and O–H groups in total. The minimum atomic E-state index is 0.525. The van der Waals surface area contributed by atoms with Crippen LogP contribution in [0, 0.1) is 0 Å². The normalized spacial score (nSPS) is 20.3. The molecule has 1 aliphatic heterocycles. The number of hydrogen-bond acceptors (Lipinski definition) is 4. The van der Waals surface area contributed by atoms with Gasteiger partial charge in [-0.25, -0.2) is 4.98 Å². The van der Waals surface area contributed by atoms with E-state index in [0.29, 0.717) is 6.04 Å². The second-order valence-corrected chi connectivity index (χ2v) is 6.69. The Morgan fingerprint density at radius 3 is 3.00 bits per heavy atom. The molecule has 102 valence electrons. The smallest absolute Gasteiger partial charge is 0.108 e. The summed E-state index contributed by atoms with van der Waals surface area (Å²) in [6.45, 7) is 2.07. The number of rotatable bonds is 3. The van der Waals surface area contributed by atoms with Gasteiger partial charge < -0.3 is 10.2 Å². The molecule has 1 aromatic carbocycles. The van der Waals surface area contributed by atoms with Crippen LogP contribution < -0.4 is 5.32 Å². The van der Waals surface area contributed by atoms with E-state index in [1.54, 1.807) is 0 Å². The number of nitrogens with one attached hydrogen (secondary N) is 1. The van der Waals surface area contributed by atoms with E-state index in [1.165, 1.54) is 34.5 Å². The van der Waals surface area contributed by atoms with Crippen LogP contribution in [0.4, 0.5) is 0 Å². The van der Waals surface area contributed by atoms with Crippen molar-refractivity contribution in [2.75, 3.05) is 20.6 Å². The number of fused-ring (bicyclic) bond motifs is 1. The van der Waals surface area contributed by atoms with E-state index in [0.717, 1.165) is 18.6 Å². The highest BCUT2D eigenvalue weighted by Gasteiger charge is 2.15. The highest BCUT2D eigenvalue weighted by molar-refractivity contribution is 7.18. The van der Waals surface area contributed by atoms with Gasteiger partial charge in [-0.05, 0) is 51.2 Å². The molecule has 0 amide bonds. The van der Waals surface area contributed by atoms with Crippen LogP contribution in [0.15, 0.2) is 18.2 Å². The first-order valence-electron chi connectivity index (χ1n) is 7.00. The SMILES string of the molecule is CN(C)Cc1nc2cc([C@@H]3CCCCN3)ccc2s1. The van der Waals surface area contributed by atoms with Crippen LogP contribution in [-0.4, -0.2) is 30.5 Å². The molecule has 2 aromatic rings. The Morgan fingerprint density at radius 1 is 1.37 bits per heavy atom. The summed E-state index contributed by atoms with van der Waals surface area (Å²) in [5.74, 6) is 0. The molecule has 19 heavy (non-hydrogen) atoms. The largest absolute Gasteiger partial charge is 0.310 e. The molecular weight excluding hydrogens is 254 g/mol. The van der Waals surface area contributed by atoms with E-state index in [4.69, 9.17) is 4.98 Å². The third kappa shape index (κ3) is 2.96. The van der Waals surface area contributed by atoms with E-state index in [2.05, 4.69) is 42.5 Å². The highest BCUT2D eigenvalue weighted by Crippen LogP contribution is 2.28. The molecule has 1 aromatic heterocycles. The molecule has 0 bridgehead atoms. The van der Waals surface area contributed by atoms with Gasteiger partial charge in [0.1, 0.15) is 5.01 Å². The van der Waals surface area contributed by atoms with Crippen molar-refractivity contribution in [2.24, 2.45) is 0 Å². The zero-order valence-electron chi connectivity index (χ0n) is 11.6. The molecule has 3 rings (SSSR count). The van der Waals surface area contributed by atoms with Crippen LogP contribution in [0.2, 0.25) is 0 Å². The Kier molecular flexibility index (Phi) is 3.82. The van der Waals surface area contributed by atoms with Crippen molar-refractivity contribution in [3.63, 3.8) is 0 Å². The second-order valence-electron chi connectivity index (χ2n) is 5.58. The van der Waals surface area contributed by atoms with Crippen molar-refractivity contribution < 1.29 is 0 Å². The molecular formula is C15H21N3S. The predicted molar refractivity (Wildman–Crippen MR) is 81.6 cm³/mol. The van der Waals surface area contributed by atoms with Gasteiger partial charge in [-0.15, -0.1) is 11.3 Å². The zero-order chi connectivity index (χ0) is 13.2. The highest BCUT2D eigenvalue weighted by atomic mass is 32.1. The fraction of sp³-hybridized carbons (Fsp3) is 0.533. The Bertz CT molecular complexity index is 556. The Balaban J connectivity index is 1.87. The first-order valence-corrected chi connectivity index (χ1v) is 7.81. The topological polar surface area (TPSA) is 28.2 Å². The van der Waals surface area contributed by atoms with Crippen molar-refractivity contribution in [3.8, 4) is 0 Å². The standard InChI is InChI=1S/C15H21N3S/c1-18(2)10-15-17-13-9-11(6-7-14(13)19-15)12-5-3-4-8-16-12/h6-7,9,12,16H,3-5,8,10H2,1-2H3/t12-/m0/s1. The lowest BCUT2D eigenvalue weighted by Gasteiger charge is -2.23. The monoisotopic (exact) mass is 275 g/mol. The van der Waals surface area contributed by atoms with Crippen LogP contribution in [-0.2, 0) is 6.54 Å². The van der Waals surface area contributed by atoms with E-state index in [1.807, 2.05) is 11.3 Å². The van der Waals surface area contributed by atoms with Gasteiger partial charge in [0.15, 0.2) is 0 Å². The Labute approximate surface area is 118 Å². The van der Waals surface area contributed by atoms with Gasteiger partial charge in [-0.2, -0.15) is 0 Å². The van der Waals surface area contributed by atoms with Crippen LogP contribution >= 0.6 is 11.3 Å². The van der Waals surface area contributed by atoms with Crippen LogP contribution in [0.25, 0.3) is 10.2 Å². The van der Waals surface area contributed by atoms with E-state index >= 15 is 0 Å². The molecule has 0 radical (unpaired) electrons. The molecule has 2 heterocycles. The van der Waals surface area contributed by atoms with Crippen LogP contribution in [0.1, 0.15) is 35.9 Å². The number of aromatic nitrogens is 1. The summed E-state index contributed by atoms with van der Waals surface area (Å²) in [5, 5.41) is 4.81. The molecule has 4 heteroatoms. The minimum absolute atomic E-state index is 0.525. The molecule has 0 saturated carbocycles. The van der Waals surface area contributed by atoms with E-state index < -0.39 is 0 Å². The maximum absolute atomic E-state index is 4.76. The van der Waals surface area contributed by atoms with Crippen molar-refractivity contribution in [1.29, 1.82) is 0 Å². The summed E-state index contributed by atoms with van der Waals surface area (Å²) in [5.41, 5.74) is 2.56. The molecule has 0 aliphatic carbocycles. The summed E-state index contributed by atoms with van der Waals surface area (Å²) >= 11 is 1.81. The minimum Gasteiger partial charge on any atom is -0.310 e. The lowest BCUT2D eigenvalue weighted by molar-refractivity contribution is 0.402. The van der Waals surface area contributed by atoms with Crippen molar-refractivity contribution in [2.45, 2.75) is 31.8 Å². The first-order chi connectivity index (χ1) is 9.22. The third-order valence-corrected chi connectivity index (χ3v) is 4.64. The number of hydrogen-bond donors (Lipinski definition) is 1. The number of benzene rings is 1.